The van der Waals surface area contributed by atoms with Crippen LogP contribution in [0.1, 0.15) is 65.2 Å². The molecule has 0 saturated carbocycles. The minimum atomic E-state index is -0.271. The SMILES string of the molecule is O=C1C=C[C@]2(c3ccccc3C[C@H]2/C=C/c2ccccc2)c2ccccc21.O=C1C=C[C@]2(c3ccccc3C[C@H]2/C=C/c2ccccc2)c2ccccc21. The van der Waals surface area contributed by atoms with Crippen molar-refractivity contribution in [2.45, 2.75) is 23.7 Å². The fraction of sp³-hybridized carbons (Fsp3) is 0.115. The summed E-state index contributed by atoms with van der Waals surface area (Å²) in [5, 5.41) is 0. The van der Waals surface area contributed by atoms with Gasteiger partial charge < -0.3 is 0 Å². The molecule has 10 rings (SSSR count). The third kappa shape index (κ3) is 5.58. The van der Waals surface area contributed by atoms with Gasteiger partial charge >= 0.3 is 0 Å². The van der Waals surface area contributed by atoms with E-state index in [2.05, 4.69) is 146 Å². The molecule has 4 atom stereocenters. The Hall–Kier alpha value is -6.38. The van der Waals surface area contributed by atoms with E-state index in [1.165, 1.54) is 33.4 Å². The second kappa shape index (κ2) is 13.9. The number of ketones is 2. The Bertz CT molecular complexity index is 2320. The van der Waals surface area contributed by atoms with Crippen LogP contribution < -0.4 is 0 Å². The van der Waals surface area contributed by atoms with Crippen LogP contribution in [0, 0.1) is 11.8 Å². The minimum absolute atomic E-state index is 0.103. The second-order valence-corrected chi connectivity index (χ2v) is 14.7. The summed E-state index contributed by atoms with van der Waals surface area (Å²) < 4.78 is 0. The summed E-state index contributed by atoms with van der Waals surface area (Å²) in [5.74, 6) is 0.763. The zero-order valence-corrected chi connectivity index (χ0v) is 30.0. The first-order chi connectivity index (χ1) is 26.6. The molecule has 2 nitrogen and oxygen atoms in total. The zero-order valence-electron chi connectivity index (χ0n) is 30.0. The Morgan fingerprint density at radius 3 is 1.19 bits per heavy atom. The summed E-state index contributed by atoms with van der Waals surface area (Å²) in [4.78, 5) is 25.0. The maximum Gasteiger partial charge on any atom is 0.185 e. The molecule has 0 radical (unpaired) electrons. The molecule has 0 fully saturated rings. The lowest BCUT2D eigenvalue weighted by Crippen LogP contribution is -2.34. The Balaban J connectivity index is 0.000000142. The standard InChI is InChI=1S/2C26H20O/c2*27-25-16-17-26(24-13-7-5-11-22(24)25)21(15-14-19-8-2-1-3-9-19)18-20-10-4-6-12-23(20)26/h2*1-17,21H,18H2/b2*15-14+/t2*21-,26+/m11/s1. The average Bonchev–Trinajstić information content (AvgIpc) is 3.73. The first-order valence-electron chi connectivity index (χ1n) is 18.9. The van der Waals surface area contributed by atoms with Crippen molar-refractivity contribution >= 4 is 23.7 Å². The van der Waals surface area contributed by atoms with E-state index < -0.39 is 0 Å². The number of hydrogen-bond acceptors (Lipinski definition) is 2. The number of carbonyl (C=O) groups excluding carboxylic acids is 2. The predicted octanol–water partition coefficient (Wildman–Crippen LogP) is 11.2. The van der Waals surface area contributed by atoms with Crippen molar-refractivity contribution in [3.05, 3.63) is 250 Å². The first kappa shape index (κ1) is 33.5. The predicted molar refractivity (Wildman–Crippen MR) is 220 cm³/mol. The van der Waals surface area contributed by atoms with Gasteiger partial charge in [-0.25, -0.2) is 0 Å². The van der Waals surface area contributed by atoms with Gasteiger partial charge in [0.05, 0.1) is 0 Å². The normalized spacial score (nSPS) is 23.0. The number of allylic oxidation sites excluding steroid dienone is 6. The van der Waals surface area contributed by atoms with Gasteiger partial charge in [-0.15, -0.1) is 0 Å². The number of carbonyl (C=O) groups is 2. The summed E-state index contributed by atoms with van der Waals surface area (Å²) in [6.45, 7) is 0. The van der Waals surface area contributed by atoms with Crippen LogP contribution in [0.5, 0.6) is 0 Å². The van der Waals surface area contributed by atoms with E-state index in [0.717, 1.165) is 35.1 Å². The van der Waals surface area contributed by atoms with Crippen LogP contribution in [0.3, 0.4) is 0 Å². The van der Waals surface area contributed by atoms with Gasteiger partial charge in [0.1, 0.15) is 0 Å². The maximum atomic E-state index is 12.5. The van der Waals surface area contributed by atoms with E-state index >= 15 is 0 Å². The van der Waals surface area contributed by atoms with Gasteiger partial charge in [0.25, 0.3) is 0 Å². The third-order valence-corrected chi connectivity index (χ3v) is 11.9. The fourth-order valence-electron chi connectivity index (χ4n) is 9.43. The molecule has 6 aromatic carbocycles. The maximum absolute atomic E-state index is 12.5. The summed E-state index contributed by atoms with van der Waals surface area (Å²) in [6, 6.07) is 54.3. The smallest absolute Gasteiger partial charge is 0.185 e. The molecule has 0 aromatic heterocycles. The Morgan fingerprint density at radius 2 is 0.759 bits per heavy atom. The summed E-state index contributed by atoms with van der Waals surface area (Å²) in [7, 11) is 0. The van der Waals surface area contributed by atoms with Crippen molar-refractivity contribution in [2.75, 3.05) is 0 Å². The third-order valence-electron chi connectivity index (χ3n) is 11.9. The highest BCUT2D eigenvalue weighted by atomic mass is 16.1. The molecule has 4 aliphatic carbocycles. The number of benzene rings is 6. The van der Waals surface area contributed by atoms with Crippen LogP contribution in [-0.2, 0) is 23.7 Å². The van der Waals surface area contributed by atoms with E-state index in [0.29, 0.717) is 0 Å². The molecule has 54 heavy (non-hydrogen) atoms. The van der Waals surface area contributed by atoms with Gasteiger partial charge in [-0.1, -0.05) is 194 Å². The molecule has 260 valence electrons. The van der Waals surface area contributed by atoms with Crippen molar-refractivity contribution in [3.63, 3.8) is 0 Å². The highest BCUT2D eigenvalue weighted by Crippen LogP contribution is 2.53. The molecular weight excluding hydrogens is 657 g/mol. The van der Waals surface area contributed by atoms with Gasteiger partial charge in [0.2, 0.25) is 0 Å². The van der Waals surface area contributed by atoms with Crippen LogP contribution in [0.2, 0.25) is 0 Å². The zero-order chi connectivity index (χ0) is 36.5. The van der Waals surface area contributed by atoms with Crippen LogP contribution in [0.15, 0.2) is 194 Å². The van der Waals surface area contributed by atoms with Gasteiger partial charge in [-0.2, -0.15) is 0 Å². The molecular formula is C52H40O2. The topological polar surface area (TPSA) is 34.1 Å². The Labute approximate surface area is 317 Å². The molecule has 0 aliphatic heterocycles. The van der Waals surface area contributed by atoms with Gasteiger partial charge in [-0.05, 0) is 81.3 Å². The van der Waals surface area contributed by atoms with Crippen LogP contribution in [0.25, 0.3) is 12.2 Å². The van der Waals surface area contributed by atoms with Gasteiger partial charge in [0.15, 0.2) is 11.6 Å². The molecule has 0 saturated heterocycles. The Kier molecular flexibility index (Phi) is 8.60. The largest absolute Gasteiger partial charge is 0.289 e. The monoisotopic (exact) mass is 696 g/mol. The van der Waals surface area contributed by atoms with Crippen LogP contribution in [-0.4, -0.2) is 11.6 Å². The van der Waals surface area contributed by atoms with Gasteiger partial charge in [0, 0.05) is 22.0 Å². The molecule has 4 aliphatic rings. The van der Waals surface area contributed by atoms with Crippen molar-refractivity contribution < 1.29 is 9.59 Å². The number of hydrogen-bond donors (Lipinski definition) is 0. The van der Waals surface area contributed by atoms with Gasteiger partial charge in [-0.3, -0.25) is 9.59 Å². The molecule has 0 heterocycles. The Morgan fingerprint density at radius 1 is 0.407 bits per heavy atom. The molecule has 0 bridgehead atoms. The van der Waals surface area contributed by atoms with Crippen molar-refractivity contribution in [1.82, 2.24) is 0 Å². The van der Waals surface area contributed by atoms with E-state index in [1.54, 1.807) is 12.2 Å². The van der Waals surface area contributed by atoms with E-state index in [4.69, 9.17) is 0 Å². The van der Waals surface area contributed by atoms with E-state index in [1.807, 2.05) is 48.5 Å². The number of rotatable bonds is 4. The minimum Gasteiger partial charge on any atom is -0.289 e. The first-order valence-corrected chi connectivity index (χ1v) is 18.9. The van der Waals surface area contributed by atoms with Crippen LogP contribution in [0.4, 0.5) is 0 Å². The molecule has 2 heteroatoms. The highest BCUT2D eigenvalue weighted by molar-refractivity contribution is 6.08. The highest BCUT2D eigenvalue weighted by Gasteiger charge is 2.49. The van der Waals surface area contributed by atoms with E-state index in [9.17, 15) is 9.59 Å². The summed E-state index contributed by atoms with van der Waals surface area (Å²) >= 11 is 0. The molecule has 6 aromatic rings. The summed E-state index contributed by atoms with van der Waals surface area (Å²) in [5.41, 5.74) is 11.2. The quantitative estimate of drug-likeness (QED) is 0.184. The average molecular weight is 697 g/mol. The van der Waals surface area contributed by atoms with Crippen molar-refractivity contribution in [1.29, 1.82) is 0 Å². The van der Waals surface area contributed by atoms with Crippen LogP contribution >= 0.6 is 0 Å². The van der Waals surface area contributed by atoms with Crippen molar-refractivity contribution in [3.8, 4) is 0 Å². The number of fused-ring (bicyclic) bond motifs is 8. The molecule has 0 unspecified atom stereocenters. The van der Waals surface area contributed by atoms with E-state index in [-0.39, 0.29) is 34.2 Å². The lowest BCUT2D eigenvalue weighted by molar-refractivity contribution is 0.103. The lowest BCUT2D eigenvalue weighted by Gasteiger charge is -2.36. The fourth-order valence-corrected chi connectivity index (χ4v) is 9.43. The molecule has 0 amide bonds. The summed E-state index contributed by atoms with van der Waals surface area (Å²) in [6.07, 6.45) is 18.9. The van der Waals surface area contributed by atoms with Crippen molar-refractivity contribution in [2.24, 2.45) is 11.8 Å². The lowest BCUT2D eigenvalue weighted by atomic mass is 9.65. The molecule has 0 N–H and O–H groups in total. The second-order valence-electron chi connectivity index (χ2n) is 14.7. The molecule has 2 spiro atoms.